The molecule has 1 amide bonds. The number of aryl methyl sites for hydroxylation is 2. The summed E-state index contributed by atoms with van der Waals surface area (Å²) in [5, 5.41) is 5.23. The molecule has 4 aromatic rings. The van der Waals surface area contributed by atoms with E-state index in [-0.39, 0.29) is 17.2 Å². The van der Waals surface area contributed by atoms with Crippen LogP contribution in [0.4, 0.5) is 5.69 Å². The topological polar surface area (TPSA) is 80.6 Å². The molecule has 7 nitrogen and oxygen atoms in total. The van der Waals surface area contributed by atoms with Crippen molar-refractivity contribution in [3.8, 4) is 5.75 Å². The largest absolute Gasteiger partial charge is 0.496 e. The van der Waals surface area contributed by atoms with E-state index in [0.717, 1.165) is 32.8 Å². The van der Waals surface area contributed by atoms with Gasteiger partial charge in [0.25, 0.3) is 0 Å². The number of nitrogens with one attached hydrogen (secondary N) is 1. The van der Waals surface area contributed by atoms with Gasteiger partial charge >= 0.3 is 0 Å². The first-order valence-corrected chi connectivity index (χ1v) is 12.6. The first-order chi connectivity index (χ1) is 16.3. The van der Waals surface area contributed by atoms with Gasteiger partial charge in [0.2, 0.25) is 15.9 Å². The Bertz CT molecular complexity index is 1470. The minimum atomic E-state index is -3.58. The molecular weight excluding hydrogens is 450 g/mol. The number of carbonyl (C=O) groups is 1. The van der Waals surface area contributed by atoms with Crippen molar-refractivity contribution in [1.82, 2.24) is 8.87 Å². The number of benzene rings is 3. The van der Waals surface area contributed by atoms with Crippen LogP contribution in [0.2, 0.25) is 0 Å². The van der Waals surface area contributed by atoms with Crippen LogP contribution >= 0.6 is 0 Å². The number of anilines is 1. The van der Waals surface area contributed by atoms with Crippen molar-refractivity contribution in [2.75, 3.05) is 26.5 Å². The molecule has 0 aliphatic rings. The summed E-state index contributed by atoms with van der Waals surface area (Å²) in [6, 6.07) is 18.9. The van der Waals surface area contributed by atoms with Crippen LogP contribution in [0.25, 0.3) is 21.8 Å². The van der Waals surface area contributed by atoms with Gasteiger partial charge in [-0.1, -0.05) is 18.2 Å². The predicted octanol–water partition coefficient (Wildman–Crippen LogP) is 4.64. The van der Waals surface area contributed by atoms with Crippen LogP contribution in [0.5, 0.6) is 5.75 Å². The maximum absolute atomic E-state index is 12.8. The Balaban J connectivity index is 1.54. The zero-order valence-corrected chi connectivity index (χ0v) is 20.6. The Labute approximate surface area is 200 Å². The van der Waals surface area contributed by atoms with Crippen LogP contribution in [0.15, 0.2) is 65.6 Å². The van der Waals surface area contributed by atoms with E-state index < -0.39 is 10.0 Å². The predicted molar refractivity (Wildman–Crippen MR) is 136 cm³/mol. The number of sulfonamides is 1. The number of nitrogens with zero attached hydrogens (tertiary/aromatic N) is 2. The van der Waals surface area contributed by atoms with Crippen LogP contribution in [0, 0.1) is 0 Å². The molecule has 0 atom stereocenters. The van der Waals surface area contributed by atoms with Gasteiger partial charge in [-0.3, -0.25) is 4.79 Å². The number of ether oxygens (including phenoxy) is 1. The molecule has 0 saturated carbocycles. The van der Waals surface area contributed by atoms with E-state index in [1.807, 2.05) is 30.3 Å². The van der Waals surface area contributed by atoms with Crippen LogP contribution in [-0.4, -0.2) is 44.4 Å². The van der Waals surface area contributed by atoms with E-state index in [1.54, 1.807) is 12.1 Å². The second-order valence-corrected chi connectivity index (χ2v) is 10.5. The fraction of sp³-hybridized carbons (Fsp3) is 0.269. The molecule has 0 bridgehead atoms. The van der Waals surface area contributed by atoms with E-state index in [1.165, 1.54) is 32.8 Å². The highest BCUT2D eigenvalue weighted by molar-refractivity contribution is 7.89. The van der Waals surface area contributed by atoms with Crippen molar-refractivity contribution in [1.29, 1.82) is 0 Å². The molecule has 1 heterocycles. The molecule has 8 heteroatoms. The van der Waals surface area contributed by atoms with Crippen molar-refractivity contribution in [2.45, 2.75) is 31.2 Å². The van der Waals surface area contributed by atoms with Crippen LogP contribution in [-0.2, 0) is 27.8 Å². The molecule has 0 fully saturated rings. The molecule has 0 saturated heterocycles. The second-order valence-electron chi connectivity index (χ2n) is 8.30. The average Bonchev–Trinajstić information content (AvgIpc) is 3.15. The van der Waals surface area contributed by atoms with Gasteiger partial charge in [-0.15, -0.1) is 0 Å². The molecule has 0 aliphatic heterocycles. The summed E-state index contributed by atoms with van der Waals surface area (Å²) in [5.74, 6) is 0.404. The molecule has 1 N–H and O–H groups in total. The SMILES string of the molecule is CCn1c2ccccc2c2cc(NC(=O)CCc3cc(S(=O)(=O)N(C)C)ccc3OC)ccc21. The first-order valence-electron chi connectivity index (χ1n) is 11.2. The number of hydrogen-bond donors (Lipinski definition) is 1. The van der Waals surface area contributed by atoms with Gasteiger partial charge in [-0.05, 0) is 61.4 Å². The lowest BCUT2D eigenvalue weighted by atomic mass is 10.1. The first kappa shape index (κ1) is 23.8. The summed E-state index contributed by atoms with van der Waals surface area (Å²) in [6.45, 7) is 2.98. The molecule has 3 aromatic carbocycles. The van der Waals surface area contributed by atoms with Gasteiger partial charge in [0, 0.05) is 54.6 Å². The van der Waals surface area contributed by atoms with Crippen molar-refractivity contribution in [3.63, 3.8) is 0 Å². The molecule has 34 heavy (non-hydrogen) atoms. The number of para-hydroxylation sites is 1. The molecule has 0 aliphatic carbocycles. The minimum Gasteiger partial charge on any atom is -0.496 e. The summed E-state index contributed by atoms with van der Waals surface area (Å²) in [5.41, 5.74) is 3.70. The number of rotatable bonds is 8. The summed E-state index contributed by atoms with van der Waals surface area (Å²) in [7, 11) is 0.928. The van der Waals surface area contributed by atoms with Crippen LogP contribution in [0.3, 0.4) is 0 Å². The lowest BCUT2D eigenvalue weighted by molar-refractivity contribution is -0.116. The minimum absolute atomic E-state index is 0.151. The van der Waals surface area contributed by atoms with Gasteiger partial charge in [0.05, 0.1) is 12.0 Å². The Kier molecular flexibility index (Phi) is 6.63. The summed E-state index contributed by atoms with van der Waals surface area (Å²) in [4.78, 5) is 12.9. The maximum atomic E-state index is 12.8. The Morgan fingerprint density at radius 3 is 2.44 bits per heavy atom. The summed E-state index contributed by atoms with van der Waals surface area (Å²) in [6.07, 6.45) is 0.541. The lowest BCUT2D eigenvalue weighted by Crippen LogP contribution is -2.22. The van der Waals surface area contributed by atoms with Gasteiger partial charge < -0.3 is 14.6 Å². The third kappa shape index (κ3) is 4.38. The summed E-state index contributed by atoms with van der Waals surface area (Å²) >= 11 is 0. The summed E-state index contributed by atoms with van der Waals surface area (Å²) < 4.78 is 33.8. The van der Waals surface area contributed by atoms with Crippen molar-refractivity contribution in [3.05, 3.63) is 66.2 Å². The molecular formula is C26H29N3O4S. The highest BCUT2D eigenvalue weighted by Gasteiger charge is 2.19. The van der Waals surface area contributed by atoms with Crippen molar-refractivity contribution >= 4 is 43.4 Å². The van der Waals surface area contributed by atoms with E-state index in [9.17, 15) is 13.2 Å². The van der Waals surface area contributed by atoms with Gasteiger partial charge in [-0.25, -0.2) is 12.7 Å². The number of carbonyl (C=O) groups excluding carboxylic acids is 1. The number of aromatic nitrogens is 1. The number of hydrogen-bond acceptors (Lipinski definition) is 4. The van der Waals surface area contributed by atoms with E-state index in [2.05, 4.69) is 28.9 Å². The standard InChI is InChI=1S/C26H29N3O4S/c1-5-29-23-9-7-6-8-21(23)22-17-19(11-13-24(22)29)27-26(30)15-10-18-16-20(12-14-25(18)33-4)34(31,32)28(2)3/h6-9,11-14,16-17H,5,10,15H2,1-4H3,(H,27,30). The Morgan fingerprint density at radius 1 is 1.00 bits per heavy atom. The molecule has 4 rings (SSSR count). The quantitative estimate of drug-likeness (QED) is 0.399. The Hall–Kier alpha value is -3.36. The Morgan fingerprint density at radius 2 is 1.74 bits per heavy atom. The van der Waals surface area contributed by atoms with E-state index in [0.29, 0.717) is 17.7 Å². The van der Waals surface area contributed by atoms with Gasteiger partial charge in [0.1, 0.15) is 5.75 Å². The van der Waals surface area contributed by atoms with Gasteiger partial charge in [0.15, 0.2) is 0 Å². The van der Waals surface area contributed by atoms with Crippen LogP contribution < -0.4 is 10.1 Å². The third-order valence-corrected chi connectivity index (χ3v) is 7.84. The monoisotopic (exact) mass is 479 g/mol. The van der Waals surface area contributed by atoms with Crippen molar-refractivity contribution in [2.24, 2.45) is 0 Å². The lowest BCUT2D eigenvalue weighted by Gasteiger charge is -2.14. The normalized spacial score (nSPS) is 11.9. The molecule has 1 aromatic heterocycles. The van der Waals surface area contributed by atoms with E-state index >= 15 is 0 Å². The fourth-order valence-electron chi connectivity index (χ4n) is 4.27. The van der Waals surface area contributed by atoms with E-state index in [4.69, 9.17) is 4.74 Å². The van der Waals surface area contributed by atoms with Crippen LogP contribution in [0.1, 0.15) is 18.9 Å². The molecule has 0 unspecified atom stereocenters. The van der Waals surface area contributed by atoms with Gasteiger partial charge in [-0.2, -0.15) is 0 Å². The highest BCUT2D eigenvalue weighted by Crippen LogP contribution is 2.31. The maximum Gasteiger partial charge on any atom is 0.242 e. The third-order valence-electron chi connectivity index (χ3n) is 6.02. The van der Waals surface area contributed by atoms with Crippen molar-refractivity contribution < 1.29 is 17.9 Å². The smallest absolute Gasteiger partial charge is 0.242 e. The molecule has 178 valence electrons. The zero-order chi connectivity index (χ0) is 24.5. The molecule has 0 radical (unpaired) electrons. The fourth-order valence-corrected chi connectivity index (χ4v) is 5.22. The highest BCUT2D eigenvalue weighted by atomic mass is 32.2. The zero-order valence-electron chi connectivity index (χ0n) is 19.8. The average molecular weight is 480 g/mol. The second kappa shape index (κ2) is 9.48. The molecule has 0 spiro atoms. The number of methoxy groups -OCH3 is 1. The number of fused-ring (bicyclic) bond motifs is 3. The number of amides is 1.